The number of amides is 1. The SMILES string of the molecule is CCn1c(CNC(=O)c2ccc(S(=O)(=O)Nc3ccccc3C)cc2)nc2ccccc21. The van der Waals surface area contributed by atoms with Crippen LogP contribution in [0.25, 0.3) is 11.0 Å². The Morgan fingerprint density at radius 2 is 1.66 bits per heavy atom. The number of rotatable bonds is 7. The highest BCUT2D eigenvalue weighted by atomic mass is 32.2. The van der Waals surface area contributed by atoms with Crippen molar-refractivity contribution in [2.24, 2.45) is 0 Å². The van der Waals surface area contributed by atoms with Gasteiger partial charge in [0.2, 0.25) is 0 Å². The third-order valence-corrected chi connectivity index (χ3v) is 6.65. The van der Waals surface area contributed by atoms with E-state index in [0.717, 1.165) is 29.0 Å². The van der Waals surface area contributed by atoms with E-state index in [9.17, 15) is 13.2 Å². The Balaban J connectivity index is 1.46. The van der Waals surface area contributed by atoms with Gasteiger partial charge in [-0.25, -0.2) is 13.4 Å². The average molecular weight is 449 g/mol. The van der Waals surface area contributed by atoms with Crippen molar-refractivity contribution in [3.05, 3.63) is 89.7 Å². The number of carbonyl (C=O) groups excluding carboxylic acids is 1. The van der Waals surface area contributed by atoms with E-state index in [-0.39, 0.29) is 17.3 Å². The fourth-order valence-corrected chi connectivity index (χ4v) is 4.68. The summed E-state index contributed by atoms with van der Waals surface area (Å²) in [5.41, 5.74) is 3.63. The molecule has 3 aromatic carbocycles. The van der Waals surface area contributed by atoms with Gasteiger partial charge in [0.25, 0.3) is 15.9 Å². The van der Waals surface area contributed by atoms with Crippen molar-refractivity contribution < 1.29 is 13.2 Å². The molecule has 2 N–H and O–H groups in total. The molecule has 0 spiro atoms. The van der Waals surface area contributed by atoms with Gasteiger partial charge in [0.1, 0.15) is 5.82 Å². The third-order valence-electron chi connectivity index (χ3n) is 5.27. The molecule has 1 aromatic heterocycles. The van der Waals surface area contributed by atoms with Crippen LogP contribution in [0.2, 0.25) is 0 Å². The number of anilines is 1. The molecular weight excluding hydrogens is 424 g/mol. The summed E-state index contributed by atoms with van der Waals surface area (Å²) in [7, 11) is -3.75. The van der Waals surface area contributed by atoms with Gasteiger partial charge in [-0.2, -0.15) is 0 Å². The Hall–Kier alpha value is -3.65. The topological polar surface area (TPSA) is 93.1 Å². The zero-order chi connectivity index (χ0) is 22.7. The van der Waals surface area contributed by atoms with Crippen molar-refractivity contribution in [2.45, 2.75) is 31.8 Å². The average Bonchev–Trinajstić information content (AvgIpc) is 3.16. The first kappa shape index (κ1) is 21.6. The van der Waals surface area contributed by atoms with Crippen molar-refractivity contribution in [1.82, 2.24) is 14.9 Å². The minimum atomic E-state index is -3.75. The number of nitrogens with zero attached hydrogens (tertiary/aromatic N) is 2. The van der Waals surface area contributed by atoms with E-state index in [1.165, 1.54) is 24.3 Å². The molecule has 0 aliphatic carbocycles. The van der Waals surface area contributed by atoms with Gasteiger partial charge in [-0.05, 0) is 61.9 Å². The fraction of sp³-hybridized carbons (Fsp3) is 0.167. The zero-order valence-electron chi connectivity index (χ0n) is 17.9. The molecule has 32 heavy (non-hydrogen) atoms. The van der Waals surface area contributed by atoms with Crippen LogP contribution >= 0.6 is 0 Å². The molecule has 0 aliphatic heterocycles. The van der Waals surface area contributed by atoms with Crippen LogP contribution < -0.4 is 10.0 Å². The highest BCUT2D eigenvalue weighted by Crippen LogP contribution is 2.20. The highest BCUT2D eigenvalue weighted by Gasteiger charge is 2.17. The summed E-state index contributed by atoms with van der Waals surface area (Å²) >= 11 is 0. The summed E-state index contributed by atoms with van der Waals surface area (Å²) in [4.78, 5) is 17.3. The van der Waals surface area contributed by atoms with Crippen molar-refractivity contribution in [3.8, 4) is 0 Å². The smallest absolute Gasteiger partial charge is 0.261 e. The second kappa shape index (κ2) is 8.84. The predicted molar refractivity (Wildman–Crippen MR) is 125 cm³/mol. The highest BCUT2D eigenvalue weighted by molar-refractivity contribution is 7.92. The Labute approximate surface area is 187 Å². The minimum absolute atomic E-state index is 0.0880. The quantitative estimate of drug-likeness (QED) is 0.445. The van der Waals surface area contributed by atoms with Crippen molar-refractivity contribution >= 4 is 32.7 Å². The Morgan fingerprint density at radius 1 is 0.969 bits per heavy atom. The molecule has 0 bridgehead atoms. The fourth-order valence-electron chi connectivity index (χ4n) is 3.55. The second-order valence-corrected chi connectivity index (χ2v) is 9.07. The molecule has 1 heterocycles. The number of imidazole rings is 1. The maximum Gasteiger partial charge on any atom is 0.261 e. The molecular formula is C24H24N4O3S. The molecule has 8 heteroatoms. The number of aromatic nitrogens is 2. The lowest BCUT2D eigenvalue weighted by Gasteiger charge is -2.11. The molecule has 4 rings (SSSR count). The summed E-state index contributed by atoms with van der Waals surface area (Å²) in [6, 6.07) is 20.8. The summed E-state index contributed by atoms with van der Waals surface area (Å²) in [6.07, 6.45) is 0. The van der Waals surface area contributed by atoms with Crippen molar-refractivity contribution in [1.29, 1.82) is 0 Å². The number of sulfonamides is 1. The van der Waals surface area contributed by atoms with Crippen LogP contribution in [0, 0.1) is 6.92 Å². The first-order valence-corrected chi connectivity index (χ1v) is 11.8. The molecule has 0 aliphatic rings. The normalized spacial score (nSPS) is 11.4. The molecule has 0 unspecified atom stereocenters. The van der Waals surface area contributed by atoms with Gasteiger partial charge in [0.05, 0.1) is 28.2 Å². The number of fused-ring (bicyclic) bond motifs is 1. The van der Waals surface area contributed by atoms with Crippen LogP contribution in [0.3, 0.4) is 0 Å². The van der Waals surface area contributed by atoms with Gasteiger partial charge in [-0.1, -0.05) is 30.3 Å². The standard InChI is InChI=1S/C24H24N4O3S/c1-3-28-22-11-7-6-10-21(22)26-23(28)16-25-24(29)18-12-14-19(15-13-18)32(30,31)27-20-9-5-4-8-17(20)2/h4-15,27H,3,16H2,1-2H3,(H,25,29). The number of hydrogen-bond acceptors (Lipinski definition) is 4. The third kappa shape index (κ3) is 4.36. The lowest BCUT2D eigenvalue weighted by atomic mass is 10.2. The van der Waals surface area contributed by atoms with Gasteiger partial charge < -0.3 is 9.88 Å². The van der Waals surface area contributed by atoms with Gasteiger partial charge >= 0.3 is 0 Å². The lowest BCUT2D eigenvalue weighted by molar-refractivity contribution is 0.0949. The molecule has 0 saturated carbocycles. The van der Waals surface area contributed by atoms with E-state index >= 15 is 0 Å². The monoisotopic (exact) mass is 448 g/mol. The molecule has 164 valence electrons. The lowest BCUT2D eigenvalue weighted by Crippen LogP contribution is -2.24. The Morgan fingerprint density at radius 3 is 2.38 bits per heavy atom. The number of aryl methyl sites for hydroxylation is 2. The van der Waals surface area contributed by atoms with E-state index in [2.05, 4.69) is 19.6 Å². The van der Waals surface area contributed by atoms with Crippen molar-refractivity contribution in [3.63, 3.8) is 0 Å². The molecule has 4 aromatic rings. The van der Waals surface area contributed by atoms with Crippen LogP contribution in [0.1, 0.15) is 28.7 Å². The van der Waals surface area contributed by atoms with E-state index < -0.39 is 10.0 Å². The van der Waals surface area contributed by atoms with Crippen molar-refractivity contribution in [2.75, 3.05) is 4.72 Å². The molecule has 0 saturated heterocycles. The van der Waals surface area contributed by atoms with Gasteiger partial charge in [-0.3, -0.25) is 9.52 Å². The van der Waals surface area contributed by atoms with E-state index in [4.69, 9.17) is 0 Å². The van der Waals surface area contributed by atoms with E-state index in [1.54, 1.807) is 12.1 Å². The van der Waals surface area contributed by atoms with Gasteiger partial charge in [0.15, 0.2) is 0 Å². The largest absolute Gasteiger partial charge is 0.345 e. The number of carbonyl (C=O) groups is 1. The summed E-state index contributed by atoms with van der Waals surface area (Å²) < 4.78 is 30.0. The maximum absolute atomic E-state index is 12.7. The minimum Gasteiger partial charge on any atom is -0.345 e. The van der Waals surface area contributed by atoms with Crippen LogP contribution in [0.5, 0.6) is 0 Å². The molecule has 1 amide bonds. The molecule has 0 atom stereocenters. The number of nitrogens with one attached hydrogen (secondary N) is 2. The van der Waals surface area contributed by atoms with Crippen LogP contribution in [0.4, 0.5) is 5.69 Å². The molecule has 0 radical (unpaired) electrons. The summed E-state index contributed by atoms with van der Waals surface area (Å²) in [6.45, 7) is 4.88. The van der Waals surface area contributed by atoms with Crippen LogP contribution in [-0.4, -0.2) is 23.9 Å². The molecule has 0 fully saturated rings. The second-order valence-electron chi connectivity index (χ2n) is 7.39. The van der Waals surface area contributed by atoms with Gasteiger partial charge in [-0.15, -0.1) is 0 Å². The number of para-hydroxylation sites is 3. The van der Waals surface area contributed by atoms with Crippen LogP contribution in [-0.2, 0) is 23.1 Å². The number of benzene rings is 3. The van der Waals surface area contributed by atoms with Gasteiger partial charge in [0, 0.05) is 12.1 Å². The number of hydrogen-bond donors (Lipinski definition) is 2. The van der Waals surface area contributed by atoms with E-state index in [0.29, 0.717) is 11.3 Å². The summed E-state index contributed by atoms with van der Waals surface area (Å²) in [5, 5.41) is 2.87. The molecule has 7 nitrogen and oxygen atoms in total. The van der Waals surface area contributed by atoms with Crippen LogP contribution in [0.15, 0.2) is 77.7 Å². The Bertz CT molecular complexity index is 1380. The van der Waals surface area contributed by atoms with E-state index in [1.807, 2.05) is 50.2 Å². The zero-order valence-corrected chi connectivity index (χ0v) is 18.7. The summed E-state index contributed by atoms with van der Waals surface area (Å²) in [5.74, 6) is 0.471. The predicted octanol–water partition coefficient (Wildman–Crippen LogP) is 4.10. The first-order valence-electron chi connectivity index (χ1n) is 10.3. The maximum atomic E-state index is 12.7. The Kier molecular flexibility index (Phi) is 5.96. The first-order chi connectivity index (χ1) is 15.4.